The smallest absolute Gasteiger partial charge is 0.286 e. The molecule has 2 N–H and O–H groups in total. The highest BCUT2D eigenvalue weighted by atomic mass is 14.7. The van der Waals surface area contributed by atoms with Crippen LogP contribution in [0.3, 0.4) is 0 Å². The number of nitrogens with two attached hydrogens (primary N) is 1. The topological polar surface area (TPSA) is 40.1 Å². The Kier molecular flexibility index (Phi) is 1.25. The van der Waals surface area contributed by atoms with Crippen LogP contribution in [0.5, 0.6) is 0 Å². The van der Waals surface area contributed by atoms with Crippen LogP contribution in [0.4, 0.5) is 11.4 Å². The Bertz CT molecular complexity index is 337. The molecule has 0 spiro atoms. The molecule has 0 aliphatic carbocycles. The lowest BCUT2D eigenvalue weighted by Crippen LogP contribution is -1.96. The number of allylic oxidation sites excluding steroid dienone is 1. The molecule has 0 atom stereocenters. The van der Waals surface area contributed by atoms with Crippen molar-refractivity contribution in [1.82, 2.24) is 4.99 Å². The van der Waals surface area contributed by atoms with Crippen LogP contribution in [0.1, 0.15) is 5.56 Å². The monoisotopic (exact) mass is 144 g/mol. The molecule has 1 heterocycles. The zero-order valence-electron chi connectivity index (χ0n) is 5.99. The third-order valence-electron chi connectivity index (χ3n) is 1.68. The maximum atomic E-state index is 5.72. The second-order valence-electron chi connectivity index (χ2n) is 2.42. The highest BCUT2D eigenvalue weighted by molar-refractivity contribution is 5.89. The number of hydrogen-bond donors (Lipinski definition) is 1. The van der Waals surface area contributed by atoms with E-state index < -0.39 is 0 Å². The number of anilines is 1. The van der Waals surface area contributed by atoms with Crippen LogP contribution in [0.25, 0.3) is 6.08 Å². The lowest BCUT2D eigenvalue weighted by molar-refractivity contribution is 1.37. The lowest BCUT2D eigenvalue weighted by atomic mass is 10.1. The molecule has 2 nitrogen and oxygen atoms in total. The summed E-state index contributed by atoms with van der Waals surface area (Å²) in [5.74, 6) is 0. The number of benzene rings is 1. The maximum absolute atomic E-state index is 5.72. The van der Waals surface area contributed by atoms with Gasteiger partial charge >= 0.3 is 0 Å². The van der Waals surface area contributed by atoms with E-state index in [0.29, 0.717) is 0 Å². The standard InChI is InChI=1S/C9H8N2/c10-8-4-1-5-9-7(8)3-2-6-11-9/h1-6H,10H2/q+1. The Hall–Kier alpha value is -1.57. The van der Waals surface area contributed by atoms with E-state index in [4.69, 9.17) is 5.73 Å². The summed E-state index contributed by atoms with van der Waals surface area (Å²) in [6, 6.07) is 5.74. The van der Waals surface area contributed by atoms with Crippen molar-refractivity contribution in [1.29, 1.82) is 0 Å². The van der Waals surface area contributed by atoms with Gasteiger partial charge in [0.05, 0.1) is 10.6 Å². The Labute approximate surface area is 65.1 Å². The summed E-state index contributed by atoms with van der Waals surface area (Å²) >= 11 is 0. The lowest BCUT2D eigenvalue weighted by Gasteiger charge is -1.97. The normalized spacial score (nSPS) is 13.1. The summed E-state index contributed by atoms with van der Waals surface area (Å²) in [7, 11) is 0. The quantitative estimate of drug-likeness (QED) is 0.548. The molecule has 1 aromatic rings. The predicted octanol–water partition coefficient (Wildman–Crippen LogP) is 1.33. The van der Waals surface area contributed by atoms with Gasteiger partial charge in [0.15, 0.2) is 0 Å². The fraction of sp³-hybridized carbons (Fsp3) is 0. The average Bonchev–Trinajstić information content (AvgIpc) is 2.06. The number of fused-ring (bicyclic) bond motifs is 1. The minimum atomic E-state index is 0.788. The number of hydrogen-bond acceptors (Lipinski definition) is 2. The number of nitrogen functional groups attached to an aromatic ring is 1. The summed E-state index contributed by atoms with van der Waals surface area (Å²) in [5, 5.41) is 0. The van der Waals surface area contributed by atoms with Gasteiger partial charge in [0, 0.05) is 17.8 Å². The van der Waals surface area contributed by atoms with Crippen LogP contribution in [0, 0.1) is 0 Å². The minimum absolute atomic E-state index is 0.788. The van der Waals surface area contributed by atoms with Crippen LogP contribution in [0.15, 0.2) is 24.3 Å². The molecule has 0 aromatic heterocycles. The number of aliphatic imine (C=N–C) groups is 1. The SMILES string of the molecule is Nc1cccc2c1C=CC=[N+]2. The molecule has 0 bridgehead atoms. The number of nitrogens with zero attached hydrogens (tertiary/aromatic N) is 1. The Morgan fingerprint density at radius 2 is 2.18 bits per heavy atom. The fourth-order valence-electron chi connectivity index (χ4n) is 1.13. The summed E-state index contributed by atoms with van der Waals surface area (Å²) in [4.78, 5) is 4.16. The molecule has 53 valence electrons. The number of rotatable bonds is 0. The molecule has 0 saturated carbocycles. The highest BCUT2D eigenvalue weighted by Crippen LogP contribution is 2.23. The Morgan fingerprint density at radius 3 is 3.00 bits per heavy atom. The first kappa shape index (κ1) is 6.16. The molecule has 1 aromatic carbocycles. The van der Waals surface area contributed by atoms with E-state index in [2.05, 4.69) is 4.99 Å². The van der Waals surface area contributed by atoms with Gasteiger partial charge in [0.1, 0.15) is 0 Å². The molecule has 1 radical (unpaired) electrons. The van der Waals surface area contributed by atoms with Gasteiger partial charge in [-0.25, -0.2) is 0 Å². The summed E-state index contributed by atoms with van der Waals surface area (Å²) < 4.78 is 0. The molecule has 0 amide bonds. The molecule has 0 saturated heterocycles. The zero-order valence-corrected chi connectivity index (χ0v) is 5.99. The largest absolute Gasteiger partial charge is 0.398 e. The molecule has 1 aliphatic heterocycles. The average molecular weight is 144 g/mol. The van der Waals surface area contributed by atoms with Gasteiger partial charge in [-0.2, -0.15) is 0 Å². The van der Waals surface area contributed by atoms with Crippen molar-refractivity contribution in [2.75, 3.05) is 5.73 Å². The molecular formula is C9H8N2+. The Balaban J connectivity index is 2.70. The second kappa shape index (κ2) is 2.23. The predicted molar refractivity (Wildman–Crippen MR) is 47.7 cm³/mol. The van der Waals surface area contributed by atoms with Gasteiger partial charge in [-0.05, 0) is 12.1 Å². The van der Waals surface area contributed by atoms with Crippen molar-refractivity contribution in [2.45, 2.75) is 0 Å². The highest BCUT2D eigenvalue weighted by Gasteiger charge is 2.12. The molecule has 11 heavy (non-hydrogen) atoms. The van der Waals surface area contributed by atoms with Crippen molar-refractivity contribution in [2.24, 2.45) is 0 Å². The van der Waals surface area contributed by atoms with E-state index in [0.717, 1.165) is 16.9 Å². The van der Waals surface area contributed by atoms with Crippen LogP contribution >= 0.6 is 0 Å². The third-order valence-corrected chi connectivity index (χ3v) is 1.68. The van der Waals surface area contributed by atoms with E-state index in [9.17, 15) is 0 Å². The Morgan fingerprint density at radius 1 is 1.27 bits per heavy atom. The van der Waals surface area contributed by atoms with E-state index in [1.54, 1.807) is 6.21 Å². The molecule has 0 fully saturated rings. The van der Waals surface area contributed by atoms with E-state index in [-0.39, 0.29) is 0 Å². The summed E-state index contributed by atoms with van der Waals surface area (Å²) in [6.45, 7) is 0. The molecule has 2 rings (SSSR count). The van der Waals surface area contributed by atoms with Crippen molar-refractivity contribution in [3.63, 3.8) is 0 Å². The molecule has 1 aliphatic rings. The van der Waals surface area contributed by atoms with Gasteiger partial charge in [-0.1, -0.05) is 6.07 Å². The van der Waals surface area contributed by atoms with Gasteiger partial charge in [-0.3, -0.25) is 0 Å². The van der Waals surface area contributed by atoms with Crippen LogP contribution in [-0.4, -0.2) is 6.21 Å². The van der Waals surface area contributed by atoms with Crippen LogP contribution < -0.4 is 10.7 Å². The minimum Gasteiger partial charge on any atom is -0.398 e. The van der Waals surface area contributed by atoms with Gasteiger partial charge in [0.2, 0.25) is 6.21 Å². The molecule has 0 unspecified atom stereocenters. The third kappa shape index (κ3) is 0.923. The van der Waals surface area contributed by atoms with Crippen LogP contribution in [0.2, 0.25) is 0 Å². The van der Waals surface area contributed by atoms with Crippen molar-refractivity contribution >= 4 is 23.7 Å². The summed E-state index contributed by atoms with van der Waals surface area (Å²) in [6.07, 6.45) is 5.62. The zero-order chi connectivity index (χ0) is 7.68. The first-order valence-corrected chi connectivity index (χ1v) is 3.47. The summed E-state index contributed by atoms with van der Waals surface area (Å²) in [5.41, 5.74) is 8.48. The van der Waals surface area contributed by atoms with E-state index >= 15 is 0 Å². The molecular weight excluding hydrogens is 136 g/mol. The van der Waals surface area contributed by atoms with Gasteiger partial charge in [-0.15, -0.1) is 0 Å². The second-order valence-corrected chi connectivity index (χ2v) is 2.42. The van der Waals surface area contributed by atoms with Crippen molar-refractivity contribution in [3.05, 3.63) is 29.8 Å². The molecule has 2 heteroatoms. The van der Waals surface area contributed by atoms with Gasteiger partial charge in [0.25, 0.3) is 5.69 Å². The van der Waals surface area contributed by atoms with Gasteiger partial charge < -0.3 is 5.73 Å². The fourth-order valence-corrected chi connectivity index (χ4v) is 1.13. The van der Waals surface area contributed by atoms with Crippen LogP contribution in [-0.2, 0) is 0 Å². The van der Waals surface area contributed by atoms with Crippen molar-refractivity contribution < 1.29 is 0 Å². The first-order valence-electron chi connectivity index (χ1n) is 3.47. The van der Waals surface area contributed by atoms with E-state index in [1.807, 2.05) is 30.4 Å². The maximum Gasteiger partial charge on any atom is 0.286 e. The first-order chi connectivity index (χ1) is 5.38. The van der Waals surface area contributed by atoms with Crippen molar-refractivity contribution in [3.8, 4) is 0 Å². The van der Waals surface area contributed by atoms with E-state index in [1.165, 1.54) is 0 Å².